The second-order valence-corrected chi connectivity index (χ2v) is 4.53. The summed E-state index contributed by atoms with van der Waals surface area (Å²) in [5.41, 5.74) is 2.06. The first-order valence-electron chi connectivity index (χ1n) is 5.10. The number of aromatic amines is 1. The molecule has 0 aliphatic carbocycles. The summed E-state index contributed by atoms with van der Waals surface area (Å²) in [4.78, 5) is 7.44. The fraction of sp³-hybridized carbons (Fsp3) is 0.250. The highest BCUT2D eigenvalue weighted by atomic mass is 35.5. The van der Waals surface area contributed by atoms with E-state index < -0.39 is 0 Å². The minimum Gasteiger partial charge on any atom is -0.346 e. The van der Waals surface area contributed by atoms with E-state index in [4.69, 9.17) is 23.2 Å². The number of nitrogens with one attached hydrogen (secondary N) is 1. The van der Waals surface area contributed by atoms with Crippen molar-refractivity contribution in [2.75, 3.05) is 0 Å². The van der Waals surface area contributed by atoms with Crippen LogP contribution in [-0.2, 0) is 12.8 Å². The number of hydrogen-bond acceptors (Lipinski definition) is 1. The largest absolute Gasteiger partial charge is 0.346 e. The van der Waals surface area contributed by atoms with Crippen LogP contribution in [-0.4, -0.2) is 9.97 Å². The molecule has 1 aromatic heterocycles. The van der Waals surface area contributed by atoms with E-state index in [9.17, 15) is 0 Å². The molecule has 0 fully saturated rings. The Labute approximate surface area is 105 Å². The van der Waals surface area contributed by atoms with E-state index in [2.05, 4.69) is 9.97 Å². The first kappa shape index (κ1) is 11.5. The first-order valence-corrected chi connectivity index (χ1v) is 5.86. The van der Waals surface area contributed by atoms with Gasteiger partial charge in [-0.2, -0.15) is 0 Å². The molecule has 4 heteroatoms. The molecular formula is C12H12Cl2N2. The zero-order valence-corrected chi connectivity index (χ0v) is 10.4. The van der Waals surface area contributed by atoms with Crippen LogP contribution < -0.4 is 0 Å². The molecule has 0 saturated carbocycles. The van der Waals surface area contributed by atoms with Crippen LogP contribution in [0.1, 0.15) is 17.1 Å². The second kappa shape index (κ2) is 4.89. The number of aryl methyl sites for hydroxylation is 2. The highest BCUT2D eigenvalue weighted by molar-refractivity contribution is 6.35. The molecule has 0 spiro atoms. The van der Waals surface area contributed by atoms with E-state index in [1.54, 1.807) is 0 Å². The maximum atomic E-state index is 6.09. The summed E-state index contributed by atoms with van der Waals surface area (Å²) in [5.74, 6) is 0.966. The van der Waals surface area contributed by atoms with Gasteiger partial charge in [-0.3, -0.25) is 0 Å². The zero-order chi connectivity index (χ0) is 11.5. The van der Waals surface area contributed by atoms with Crippen molar-refractivity contribution in [2.45, 2.75) is 19.8 Å². The van der Waals surface area contributed by atoms with Gasteiger partial charge in [-0.05, 0) is 31.0 Å². The molecule has 1 N–H and O–H groups in total. The Hall–Kier alpha value is -0.990. The molecule has 0 amide bonds. The standard InChI is InChI=1S/C12H12Cl2N2/c1-8-7-15-12(16-8)6-5-9-10(13)3-2-4-11(9)14/h2-4,7H,5-6H2,1H3,(H,15,16). The van der Waals surface area contributed by atoms with E-state index in [1.165, 1.54) is 0 Å². The molecule has 1 aromatic carbocycles. The normalized spacial score (nSPS) is 10.7. The number of rotatable bonds is 3. The molecule has 1 heterocycles. The summed E-state index contributed by atoms with van der Waals surface area (Å²) >= 11 is 12.2. The zero-order valence-electron chi connectivity index (χ0n) is 8.93. The van der Waals surface area contributed by atoms with Gasteiger partial charge in [-0.15, -0.1) is 0 Å². The fourth-order valence-electron chi connectivity index (χ4n) is 1.61. The summed E-state index contributed by atoms with van der Waals surface area (Å²) in [7, 11) is 0. The van der Waals surface area contributed by atoms with Crippen molar-refractivity contribution in [1.82, 2.24) is 9.97 Å². The molecule has 0 atom stereocenters. The van der Waals surface area contributed by atoms with Crippen LogP contribution in [0.2, 0.25) is 10.0 Å². The first-order chi connectivity index (χ1) is 7.66. The quantitative estimate of drug-likeness (QED) is 0.887. The third-order valence-electron chi connectivity index (χ3n) is 2.43. The van der Waals surface area contributed by atoms with Gasteiger partial charge in [0.25, 0.3) is 0 Å². The summed E-state index contributed by atoms with van der Waals surface area (Å²) < 4.78 is 0. The monoisotopic (exact) mass is 254 g/mol. The van der Waals surface area contributed by atoms with Crippen molar-refractivity contribution >= 4 is 23.2 Å². The molecule has 0 bridgehead atoms. The Morgan fingerprint density at radius 1 is 1.19 bits per heavy atom. The molecule has 0 radical (unpaired) electrons. The van der Waals surface area contributed by atoms with Crippen molar-refractivity contribution in [3.63, 3.8) is 0 Å². The van der Waals surface area contributed by atoms with Gasteiger partial charge in [0.2, 0.25) is 0 Å². The summed E-state index contributed by atoms with van der Waals surface area (Å²) in [5, 5.41) is 1.44. The minimum absolute atomic E-state index is 0.718. The maximum Gasteiger partial charge on any atom is 0.106 e. The fourth-order valence-corrected chi connectivity index (χ4v) is 2.19. The SMILES string of the molecule is Cc1cnc(CCc2c(Cl)cccc2Cl)[nH]1. The molecule has 0 aliphatic rings. The van der Waals surface area contributed by atoms with Crippen molar-refractivity contribution in [2.24, 2.45) is 0 Å². The molecule has 2 aromatic rings. The second-order valence-electron chi connectivity index (χ2n) is 3.71. The van der Waals surface area contributed by atoms with Crippen molar-refractivity contribution in [3.8, 4) is 0 Å². The van der Waals surface area contributed by atoms with E-state index in [0.717, 1.165) is 40.0 Å². The molecule has 2 rings (SSSR count). The average molecular weight is 255 g/mol. The van der Waals surface area contributed by atoms with Crippen LogP contribution in [0.5, 0.6) is 0 Å². The van der Waals surface area contributed by atoms with Crippen LogP contribution in [0.4, 0.5) is 0 Å². The number of H-pyrrole nitrogens is 1. The third kappa shape index (κ3) is 2.57. The third-order valence-corrected chi connectivity index (χ3v) is 3.14. The Balaban J connectivity index is 2.10. The Morgan fingerprint density at radius 3 is 2.44 bits per heavy atom. The lowest BCUT2D eigenvalue weighted by Gasteiger charge is -2.05. The van der Waals surface area contributed by atoms with Gasteiger partial charge in [0.05, 0.1) is 0 Å². The lowest BCUT2D eigenvalue weighted by molar-refractivity contribution is 0.881. The van der Waals surface area contributed by atoms with Crippen molar-refractivity contribution in [3.05, 3.63) is 51.5 Å². The molecule has 16 heavy (non-hydrogen) atoms. The van der Waals surface area contributed by atoms with Gasteiger partial charge in [-0.25, -0.2) is 4.98 Å². The van der Waals surface area contributed by atoms with Gasteiger partial charge in [0.15, 0.2) is 0 Å². The van der Waals surface area contributed by atoms with E-state index in [0.29, 0.717) is 0 Å². The molecular weight excluding hydrogens is 243 g/mol. The Morgan fingerprint density at radius 2 is 1.88 bits per heavy atom. The Kier molecular flexibility index (Phi) is 3.52. The molecule has 0 aliphatic heterocycles. The highest BCUT2D eigenvalue weighted by Gasteiger charge is 2.06. The Bertz CT molecular complexity index is 471. The lowest BCUT2D eigenvalue weighted by Crippen LogP contribution is -1.95. The molecule has 0 saturated heterocycles. The van der Waals surface area contributed by atoms with Crippen LogP contribution >= 0.6 is 23.2 Å². The van der Waals surface area contributed by atoms with E-state index in [1.807, 2.05) is 31.3 Å². The smallest absolute Gasteiger partial charge is 0.106 e. The predicted molar refractivity (Wildman–Crippen MR) is 67.2 cm³/mol. The van der Waals surface area contributed by atoms with Crippen LogP contribution in [0.25, 0.3) is 0 Å². The van der Waals surface area contributed by atoms with E-state index >= 15 is 0 Å². The van der Waals surface area contributed by atoms with Crippen molar-refractivity contribution in [1.29, 1.82) is 0 Å². The van der Waals surface area contributed by atoms with Gasteiger partial charge >= 0.3 is 0 Å². The summed E-state index contributed by atoms with van der Waals surface area (Å²) in [6, 6.07) is 5.57. The molecule has 2 nitrogen and oxygen atoms in total. The van der Waals surface area contributed by atoms with Gasteiger partial charge in [0, 0.05) is 28.4 Å². The van der Waals surface area contributed by atoms with Crippen molar-refractivity contribution < 1.29 is 0 Å². The van der Waals surface area contributed by atoms with E-state index in [-0.39, 0.29) is 0 Å². The lowest BCUT2D eigenvalue weighted by atomic mass is 10.1. The number of hydrogen-bond donors (Lipinski definition) is 1. The topological polar surface area (TPSA) is 28.7 Å². The molecule has 84 valence electrons. The van der Waals surface area contributed by atoms with Crippen LogP contribution in [0.3, 0.4) is 0 Å². The predicted octanol–water partition coefficient (Wildman–Crippen LogP) is 3.81. The number of benzene rings is 1. The average Bonchev–Trinajstić information content (AvgIpc) is 2.63. The minimum atomic E-state index is 0.718. The van der Waals surface area contributed by atoms with Crippen LogP contribution in [0, 0.1) is 6.92 Å². The number of halogens is 2. The van der Waals surface area contributed by atoms with Gasteiger partial charge < -0.3 is 4.98 Å². The summed E-state index contributed by atoms with van der Waals surface area (Å²) in [6.45, 7) is 1.99. The van der Waals surface area contributed by atoms with Gasteiger partial charge in [-0.1, -0.05) is 29.3 Å². The maximum absolute atomic E-state index is 6.09. The number of imidazole rings is 1. The summed E-state index contributed by atoms with van der Waals surface area (Å²) in [6.07, 6.45) is 3.44. The van der Waals surface area contributed by atoms with Gasteiger partial charge in [0.1, 0.15) is 5.82 Å². The number of nitrogens with zero attached hydrogens (tertiary/aromatic N) is 1. The number of aromatic nitrogens is 2. The highest BCUT2D eigenvalue weighted by Crippen LogP contribution is 2.25. The van der Waals surface area contributed by atoms with Crippen LogP contribution in [0.15, 0.2) is 24.4 Å². The molecule has 0 unspecified atom stereocenters.